The van der Waals surface area contributed by atoms with E-state index in [0.717, 1.165) is 32.5 Å². The molecule has 0 spiro atoms. The second-order valence-electron chi connectivity index (χ2n) is 3.00. The smallest absolute Gasteiger partial charge is 0.305 e. The molecule has 2 rings (SSSR count). The molecule has 3 nitrogen and oxygen atoms in total. The molecule has 0 saturated carbocycles. The fourth-order valence-corrected chi connectivity index (χ4v) is 0.951. The zero-order valence-corrected chi connectivity index (χ0v) is 7.38. The Labute approximate surface area is 73.0 Å². The molecule has 0 atom stereocenters. The van der Waals surface area contributed by atoms with Crippen LogP contribution in [0.2, 0.25) is 0 Å². The summed E-state index contributed by atoms with van der Waals surface area (Å²) in [5, 5.41) is 0. The van der Waals surface area contributed by atoms with Crippen molar-refractivity contribution in [3.8, 4) is 0 Å². The highest BCUT2D eigenvalue weighted by Gasteiger charge is 2.05. The van der Waals surface area contributed by atoms with Gasteiger partial charge >= 0.3 is 5.97 Å². The van der Waals surface area contributed by atoms with Crippen molar-refractivity contribution in [1.29, 1.82) is 0 Å². The average molecular weight is 172 g/mol. The van der Waals surface area contributed by atoms with Crippen LogP contribution in [0, 0.1) is 0 Å². The topological polar surface area (TPSA) is 35.5 Å². The molecule has 2 aliphatic rings. The Kier molecular flexibility index (Phi) is 4.76. The van der Waals surface area contributed by atoms with E-state index in [1.165, 1.54) is 6.42 Å². The molecule has 3 heteroatoms. The summed E-state index contributed by atoms with van der Waals surface area (Å²) in [5.41, 5.74) is 0. The summed E-state index contributed by atoms with van der Waals surface area (Å²) in [4.78, 5) is 10.5. The van der Waals surface area contributed by atoms with Gasteiger partial charge in [0.1, 0.15) is 0 Å². The Bertz CT molecular complexity index is 116. The van der Waals surface area contributed by atoms with Crippen LogP contribution >= 0.6 is 0 Å². The Hall–Kier alpha value is -0.570. The Morgan fingerprint density at radius 3 is 2.17 bits per heavy atom. The van der Waals surface area contributed by atoms with Gasteiger partial charge in [0.15, 0.2) is 0 Å². The minimum atomic E-state index is -0.0255. The van der Waals surface area contributed by atoms with Crippen LogP contribution < -0.4 is 0 Å². The second kappa shape index (κ2) is 6.00. The molecule has 0 aromatic heterocycles. The van der Waals surface area contributed by atoms with E-state index in [1.807, 2.05) is 0 Å². The lowest BCUT2D eigenvalue weighted by Gasteiger charge is -2.09. The molecular weight excluding hydrogens is 156 g/mol. The molecule has 2 saturated heterocycles. The second-order valence-corrected chi connectivity index (χ2v) is 3.00. The average Bonchev–Trinajstić information content (AvgIpc) is 2.12. The number of hydrogen-bond acceptors (Lipinski definition) is 3. The van der Waals surface area contributed by atoms with Crippen molar-refractivity contribution >= 4 is 5.97 Å². The normalized spacial score (nSPS) is 22.5. The standard InChI is InChI=1S/C6H10O2.C3H6O/c7-6-4-2-1-3-5-8-6;1-2-4-3-1/h1-5H2;1-3H2. The Balaban J connectivity index is 0.000000150. The van der Waals surface area contributed by atoms with Crippen LogP contribution in [0.4, 0.5) is 0 Å². The minimum absolute atomic E-state index is 0.0255. The summed E-state index contributed by atoms with van der Waals surface area (Å²) in [6.45, 7) is 2.64. The number of hydrogen-bond donors (Lipinski definition) is 0. The first-order chi connectivity index (χ1) is 5.89. The SMILES string of the molecule is C1COC1.O=C1CCCCCO1. The molecule has 0 radical (unpaired) electrons. The molecule has 0 aliphatic carbocycles. The fraction of sp³-hybridized carbons (Fsp3) is 0.889. The van der Waals surface area contributed by atoms with Crippen molar-refractivity contribution in [3.63, 3.8) is 0 Å². The van der Waals surface area contributed by atoms with Gasteiger partial charge in [-0.1, -0.05) is 0 Å². The summed E-state index contributed by atoms with van der Waals surface area (Å²) >= 11 is 0. The van der Waals surface area contributed by atoms with Gasteiger partial charge in [0.25, 0.3) is 0 Å². The van der Waals surface area contributed by atoms with Crippen molar-refractivity contribution in [2.24, 2.45) is 0 Å². The number of cyclic esters (lactones) is 1. The van der Waals surface area contributed by atoms with Crippen molar-refractivity contribution < 1.29 is 14.3 Å². The van der Waals surface area contributed by atoms with Crippen LogP contribution in [-0.2, 0) is 14.3 Å². The number of ether oxygens (including phenoxy) is 2. The van der Waals surface area contributed by atoms with Crippen molar-refractivity contribution in [2.45, 2.75) is 32.1 Å². The summed E-state index contributed by atoms with van der Waals surface area (Å²) in [7, 11) is 0. The van der Waals surface area contributed by atoms with Gasteiger partial charge in [0.05, 0.1) is 6.61 Å². The predicted molar refractivity (Wildman–Crippen MR) is 44.9 cm³/mol. The highest BCUT2D eigenvalue weighted by atomic mass is 16.5. The molecule has 0 aromatic rings. The van der Waals surface area contributed by atoms with Crippen LogP contribution in [0.5, 0.6) is 0 Å². The maximum absolute atomic E-state index is 10.5. The number of carbonyl (C=O) groups is 1. The zero-order chi connectivity index (χ0) is 8.65. The Morgan fingerprint density at radius 1 is 0.917 bits per heavy atom. The van der Waals surface area contributed by atoms with Crippen molar-refractivity contribution in [1.82, 2.24) is 0 Å². The van der Waals surface area contributed by atoms with Crippen LogP contribution in [0.15, 0.2) is 0 Å². The third kappa shape index (κ3) is 4.34. The summed E-state index contributed by atoms with van der Waals surface area (Å²) < 4.78 is 9.49. The molecule has 2 fully saturated rings. The minimum Gasteiger partial charge on any atom is -0.466 e. The molecule has 0 amide bonds. The first-order valence-corrected chi connectivity index (χ1v) is 4.63. The van der Waals surface area contributed by atoms with E-state index < -0.39 is 0 Å². The van der Waals surface area contributed by atoms with Crippen LogP contribution in [-0.4, -0.2) is 25.8 Å². The van der Waals surface area contributed by atoms with Gasteiger partial charge < -0.3 is 9.47 Å². The lowest BCUT2D eigenvalue weighted by molar-refractivity contribution is -0.142. The van der Waals surface area contributed by atoms with Gasteiger partial charge in [-0.15, -0.1) is 0 Å². The van der Waals surface area contributed by atoms with E-state index in [1.54, 1.807) is 0 Å². The van der Waals surface area contributed by atoms with Crippen LogP contribution in [0.1, 0.15) is 32.1 Å². The van der Waals surface area contributed by atoms with Crippen molar-refractivity contribution in [3.05, 3.63) is 0 Å². The van der Waals surface area contributed by atoms with Gasteiger partial charge in [0, 0.05) is 19.6 Å². The fourth-order valence-electron chi connectivity index (χ4n) is 0.951. The highest BCUT2D eigenvalue weighted by Crippen LogP contribution is 2.06. The number of carbonyl (C=O) groups excluding carboxylic acids is 1. The first-order valence-electron chi connectivity index (χ1n) is 4.63. The van der Waals surface area contributed by atoms with E-state index in [0.29, 0.717) is 13.0 Å². The molecule has 0 aromatic carbocycles. The lowest BCUT2D eigenvalue weighted by atomic mass is 10.2. The lowest BCUT2D eigenvalue weighted by Crippen LogP contribution is -2.09. The van der Waals surface area contributed by atoms with E-state index in [-0.39, 0.29) is 5.97 Å². The number of esters is 1. The summed E-state index contributed by atoms with van der Waals surface area (Å²) in [5.74, 6) is -0.0255. The molecule has 2 heterocycles. The quantitative estimate of drug-likeness (QED) is 0.519. The van der Waals surface area contributed by atoms with E-state index >= 15 is 0 Å². The Morgan fingerprint density at radius 2 is 1.58 bits per heavy atom. The monoisotopic (exact) mass is 172 g/mol. The highest BCUT2D eigenvalue weighted by molar-refractivity contribution is 5.69. The van der Waals surface area contributed by atoms with Gasteiger partial charge in [0.2, 0.25) is 0 Å². The van der Waals surface area contributed by atoms with E-state index in [9.17, 15) is 4.79 Å². The van der Waals surface area contributed by atoms with Crippen molar-refractivity contribution in [2.75, 3.05) is 19.8 Å². The van der Waals surface area contributed by atoms with Crippen LogP contribution in [0.3, 0.4) is 0 Å². The van der Waals surface area contributed by atoms with E-state index in [4.69, 9.17) is 9.47 Å². The first kappa shape index (κ1) is 9.52. The molecule has 12 heavy (non-hydrogen) atoms. The largest absolute Gasteiger partial charge is 0.466 e. The van der Waals surface area contributed by atoms with Gasteiger partial charge in [-0.3, -0.25) is 4.79 Å². The number of rotatable bonds is 0. The maximum Gasteiger partial charge on any atom is 0.305 e. The maximum atomic E-state index is 10.5. The molecule has 0 bridgehead atoms. The van der Waals surface area contributed by atoms with Gasteiger partial charge in [-0.05, 0) is 25.7 Å². The predicted octanol–water partition coefficient (Wildman–Crippen LogP) is 1.51. The molecule has 0 N–H and O–H groups in total. The molecule has 0 unspecified atom stereocenters. The summed E-state index contributed by atoms with van der Waals surface area (Å²) in [6.07, 6.45) is 5.11. The summed E-state index contributed by atoms with van der Waals surface area (Å²) in [6, 6.07) is 0. The molecular formula is C9H16O3. The van der Waals surface area contributed by atoms with E-state index in [2.05, 4.69) is 0 Å². The third-order valence-corrected chi connectivity index (χ3v) is 1.87. The zero-order valence-electron chi connectivity index (χ0n) is 7.38. The van der Waals surface area contributed by atoms with Crippen LogP contribution in [0.25, 0.3) is 0 Å². The van der Waals surface area contributed by atoms with Gasteiger partial charge in [-0.2, -0.15) is 0 Å². The van der Waals surface area contributed by atoms with Gasteiger partial charge in [-0.25, -0.2) is 0 Å². The third-order valence-electron chi connectivity index (χ3n) is 1.87. The molecule has 70 valence electrons. The molecule has 2 aliphatic heterocycles.